The minimum Gasteiger partial charge on any atom is -0.326 e. The molecular formula is C15H18N2O2S2. The van der Waals surface area contributed by atoms with E-state index < -0.39 is 10.0 Å². The summed E-state index contributed by atoms with van der Waals surface area (Å²) in [6.45, 7) is 0.359. The fourth-order valence-electron chi connectivity index (χ4n) is 2.72. The van der Waals surface area contributed by atoms with Crippen molar-refractivity contribution in [1.29, 1.82) is 0 Å². The van der Waals surface area contributed by atoms with Gasteiger partial charge in [-0.25, -0.2) is 13.1 Å². The van der Waals surface area contributed by atoms with Crippen LogP contribution in [-0.4, -0.2) is 8.42 Å². The monoisotopic (exact) mass is 322 g/mol. The Labute approximate surface area is 129 Å². The number of benzene rings is 1. The van der Waals surface area contributed by atoms with E-state index in [2.05, 4.69) is 10.8 Å². The van der Waals surface area contributed by atoms with Gasteiger partial charge in [0.05, 0.1) is 0 Å². The molecule has 1 aliphatic rings. The second kappa shape index (κ2) is 5.88. The maximum atomic E-state index is 12.5. The van der Waals surface area contributed by atoms with Gasteiger partial charge in [-0.3, -0.25) is 0 Å². The molecule has 1 aromatic heterocycles. The van der Waals surface area contributed by atoms with Crippen molar-refractivity contribution in [3.05, 3.63) is 52.4 Å². The third-order valence-electron chi connectivity index (χ3n) is 3.80. The fourth-order valence-corrected chi connectivity index (χ4v) is 5.21. The molecule has 3 N–H and O–H groups in total. The lowest BCUT2D eigenvalue weighted by Gasteiger charge is -2.25. The predicted molar refractivity (Wildman–Crippen MR) is 84.7 cm³/mol. The minimum absolute atomic E-state index is 0.136. The molecule has 0 saturated heterocycles. The summed E-state index contributed by atoms with van der Waals surface area (Å²) in [5, 5.41) is 1.80. The van der Waals surface area contributed by atoms with Crippen molar-refractivity contribution < 1.29 is 8.42 Å². The molecule has 1 unspecified atom stereocenters. The number of nitrogens with one attached hydrogen (secondary N) is 1. The Morgan fingerprint density at radius 3 is 2.90 bits per heavy atom. The van der Waals surface area contributed by atoms with Crippen LogP contribution in [0.4, 0.5) is 0 Å². The number of aryl methyl sites for hydroxylation is 1. The van der Waals surface area contributed by atoms with Crippen molar-refractivity contribution in [2.24, 2.45) is 5.73 Å². The Kier molecular flexibility index (Phi) is 4.12. The SMILES string of the molecule is NCc1csc(S(=O)(=O)NC2CCCc3ccccc32)c1. The molecule has 0 radical (unpaired) electrons. The summed E-state index contributed by atoms with van der Waals surface area (Å²) in [7, 11) is -3.48. The molecule has 0 fully saturated rings. The van der Waals surface area contributed by atoms with Gasteiger partial charge in [-0.1, -0.05) is 24.3 Å². The molecular weight excluding hydrogens is 304 g/mol. The highest BCUT2D eigenvalue weighted by Crippen LogP contribution is 2.31. The molecule has 0 amide bonds. The molecule has 1 heterocycles. The minimum atomic E-state index is -3.48. The van der Waals surface area contributed by atoms with E-state index in [9.17, 15) is 8.42 Å². The lowest BCUT2D eigenvalue weighted by molar-refractivity contribution is 0.508. The van der Waals surface area contributed by atoms with Crippen LogP contribution in [0.5, 0.6) is 0 Å². The molecule has 0 aliphatic heterocycles. The van der Waals surface area contributed by atoms with E-state index in [1.165, 1.54) is 16.9 Å². The Hall–Kier alpha value is -1.21. The number of rotatable bonds is 4. The zero-order valence-corrected chi connectivity index (χ0v) is 13.2. The Morgan fingerprint density at radius 2 is 2.14 bits per heavy atom. The fraction of sp³-hybridized carbons (Fsp3) is 0.333. The predicted octanol–water partition coefficient (Wildman–Crippen LogP) is 2.56. The molecule has 1 atom stereocenters. The second-order valence-electron chi connectivity index (χ2n) is 5.24. The topological polar surface area (TPSA) is 72.2 Å². The van der Waals surface area contributed by atoms with Gasteiger partial charge in [0.2, 0.25) is 0 Å². The van der Waals surface area contributed by atoms with Crippen molar-refractivity contribution >= 4 is 21.4 Å². The van der Waals surface area contributed by atoms with E-state index in [0.29, 0.717) is 10.8 Å². The highest BCUT2D eigenvalue weighted by atomic mass is 32.2. The number of thiophene rings is 1. The standard InChI is InChI=1S/C15H18N2O2S2/c16-9-11-8-15(20-10-11)21(18,19)17-14-7-3-5-12-4-1-2-6-13(12)14/h1-2,4,6,8,10,14,17H,3,5,7,9,16H2. The molecule has 4 nitrogen and oxygen atoms in total. The van der Waals surface area contributed by atoms with Crippen molar-refractivity contribution in [3.63, 3.8) is 0 Å². The van der Waals surface area contributed by atoms with Gasteiger partial charge in [0.25, 0.3) is 10.0 Å². The van der Waals surface area contributed by atoms with Crippen LogP contribution in [0.3, 0.4) is 0 Å². The summed E-state index contributed by atoms with van der Waals surface area (Å²) < 4.78 is 28.2. The Balaban J connectivity index is 1.86. The largest absolute Gasteiger partial charge is 0.326 e. The van der Waals surface area contributed by atoms with Crippen LogP contribution >= 0.6 is 11.3 Å². The average Bonchev–Trinajstić information content (AvgIpc) is 2.97. The maximum absolute atomic E-state index is 12.5. The normalized spacial score (nSPS) is 18.4. The van der Waals surface area contributed by atoms with Gasteiger partial charge < -0.3 is 5.73 Å². The second-order valence-corrected chi connectivity index (χ2v) is 8.10. The number of hydrogen-bond donors (Lipinski definition) is 2. The number of hydrogen-bond acceptors (Lipinski definition) is 4. The first-order valence-corrected chi connectivity index (χ1v) is 9.34. The zero-order chi connectivity index (χ0) is 14.9. The average molecular weight is 322 g/mol. The quantitative estimate of drug-likeness (QED) is 0.908. The zero-order valence-electron chi connectivity index (χ0n) is 11.6. The summed E-state index contributed by atoms with van der Waals surface area (Å²) >= 11 is 1.22. The third kappa shape index (κ3) is 3.03. The van der Waals surface area contributed by atoms with Gasteiger partial charge in [-0.15, -0.1) is 11.3 Å². The van der Waals surface area contributed by atoms with Gasteiger partial charge in [0.1, 0.15) is 4.21 Å². The smallest absolute Gasteiger partial charge is 0.250 e. The van der Waals surface area contributed by atoms with Crippen LogP contribution in [0.1, 0.15) is 35.6 Å². The molecule has 6 heteroatoms. The molecule has 0 saturated carbocycles. The van der Waals surface area contributed by atoms with Gasteiger partial charge >= 0.3 is 0 Å². The maximum Gasteiger partial charge on any atom is 0.250 e. The Bertz CT molecular complexity index is 738. The molecule has 1 aromatic carbocycles. The molecule has 3 rings (SSSR count). The van der Waals surface area contributed by atoms with E-state index in [1.807, 2.05) is 18.2 Å². The number of nitrogens with two attached hydrogens (primary N) is 1. The number of sulfonamides is 1. The summed E-state index contributed by atoms with van der Waals surface area (Å²) in [6.07, 6.45) is 2.86. The van der Waals surface area contributed by atoms with Crippen molar-refractivity contribution in [2.75, 3.05) is 0 Å². The van der Waals surface area contributed by atoms with Crippen LogP contribution in [-0.2, 0) is 23.0 Å². The lowest BCUT2D eigenvalue weighted by atomic mass is 9.88. The Morgan fingerprint density at radius 1 is 1.33 bits per heavy atom. The summed E-state index contributed by atoms with van der Waals surface area (Å²) in [6, 6.07) is 9.57. The molecule has 21 heavy (non-hydrogen) atoms. The summed E-state index contributed by atoms with van der Waals surface area (Å²) in [5.41, 5.74) is 8.74. The van der Waals surface area contributed by atoms with Crippen LogP contribution in [0.2, 0.25) is 0 Å². The molecule has 0 bridgehead atoms. The molecule has 112 valence electrons. The van der Waals surface area contributed by atoms with E-state index >= 15 is 0 Å². The van der Waals surface area contributed by atoms with Crippen molar-refractivity contribution in [2.45, 2.75) is 36.1 Å². The van der Waals surface area contributed by atoms with Gasteiger partial charge in [0.15, 0.2) is 0 Å². The molecule has 2 aromatic rings. The first-order chi connectivity index (χ1) is 10.1. The third-order valence-corrected chi connectivity index (χ3v) is 6.76. The van der Waals surface area contributed by atoms with Crippen LogP contribution < -0.4 is 10.5 Å². The lowest BCUT2D eigenvalue weighted by Crippen LogP contribution is -2.30. The summed E-state index contributed by atoms with van der Waals surface area (Å²) in [5.74, 6) is 0. The van der Waals surface area contributed by atoms with Crippen LogP contribution in [0.25, 0.3) is 0 Å². The first-order valence-electron chi connectivity index (χ1n) is 6.98. The van der Waals surface area contributed by atoms with Crippen molar-refractivity contribution in [1.82, 2.24) is 4.72 Å². The summed E-state index contributed by atoms with van der Waals surface area (Å²) in [4.78, 5) is 0. The number of fused-ring (bicyclic) bond motifs is 1. The van der Waals surface area contributed by atoms with Crippen LogP contribution in [0, 0.1) is 0 Å². The van der Waals surface area contributed by atoms with Crippen molar-refractivity contribution in [3.8, 4) is 0 Å². The van der Waals surface area contributed by atoms with E-state index in [1.54, 1.807) is 11.4 Å². The van der Waals surface area contributed by atoms with Gasteiger partial charge in [0, 0.05) is 12.6 Å². The molecule has 0 spiro atoms. The van der Waals surface area contributed by atoms with E-state index in [-0.39, 0.29) is 6.04 Å². The highest BCUT2D eigenvalue weighted by Gasteiger charge is 2.26. The van der Waals surface area contributed by atoms with E-state index in [0.717, 1.165) is 30.4 Å². The first kappa shape index (κ1) is 14.7. The van der Waals surface area contributed by atoms with E-state index in [4.69, 9.17) is 5.73 Å². The molecule has 1 aliphatic carbocycles. The van der Waals surface area contributed by atoms with Gasteiger partial charge in [-0.2, -0.15) is 0 Å². The van der Waals surface area contributed by atoms with Crippen LogP contribution in [0.15, 0.2) is 39.9 Å². The highest BCUT2D eigenvalue weighted by molar-refractivity contribution is 7.91. The van der Waals surface area contributed by atoms with Gasteiger partial charge in [-0.05, 0) is 47.4 Å².